The van der Waals surface area contributed by atoms with Crippen LogP contribution >= 0.6 is 0 Å². The Morgan fingerprint density at radius 1 is 0.565 bits per heavy atom. The van der Waals surface area contributed by atoms with Gasteiger partial charge < -0.3 is 14.2 Å². The quantitative estimate of drug-likeness (QED) is 0.231. The summed E-state index contributed by atoms with van der Waals surface area (Å²) in [4.78, 5) is 0. The largest absolute Gasteiger partial charge is 0.331 e. The van der Waals surface area contributed by atoms with Crippen LogP contribution in [0.15, 0.2) is 0 Å². The van der Waals surface area contributed by atoms with E-state index in [1.807, 2.05) is 0 Å². The van der Waals surface area contributed by atoms with Crippen molar-refractivity contribution >= 4 is 0 Å². The van der Waals surface area contributed by atoms with Gasteiger partial charge in [-0.2, -0.15) is 0 Å². The van der Waals surface area contributed by atoms with Crippen molar-refractivity contribution in [1.82, 2.24) is 0 Å². The smallest absolute Gasteiger partial charge is 0.285 e. The van der Waals surface area contributed by atoms with E-state index in [0.29, 0.717) is 5.92 Å². The molecule has 0 aliphatic rings. The van der Waals surface area contributed by atoms with Gasteiger partial charge >= 0.3 is 0 Å². The lowest BCUT2D eigenvalue weighted by Gasteiger charge is -2.36. The maximum Gasteiger partial charge on any atom is 0.285 e. The van der Waals surface area contributed by atoms with E-state index in [1.54, 1.807) is 21.3 Å². The van der Waals surface area contributed by atoms with Crippen molar-refractivity contribution < 1.29 is 14.2 Å². The van der Waals surface area contributed by atoms with Crippen LogP contribution in [0.2, 0.25) is 0 Å². The van der Waals surface area contributed by atoms with Gasteiger partial charge in [0.05, 0.1) is 0 Å². The molecular formula is C20H42O3. The van der Waals surface area contributed by atoms with Gasteiger partial charge in [-0.1, -0.05) is 84.5 Å². The predicted octanol–water partition coefficient (Wildman–Crippen LogP) is 6.31. The second kappa shape index (κ2) is 15.4. The lowest BCUT2D eigenvalue weighted by Crippen LogP contribution is -2.44. The van der Waals surface area contributed by atoms with Crippen LogP contribution in [0.1, 0.15) is 97.3 Å². The highest BCUT2D eigenvalue weighted by Crippen LogP contribution is 2.33. The van der Waals surface area contributed by atoms with Crippen molar-refractivity contribution in [3.8, 4) is 0 Å². The van der Waals surface area contributed by atoms with Gasteiger partial charge in [0.1, 0.15) is 0 Å². The second-order valence-electron chi connectivity index (χ2n) is 6.67. The minimum Gasteiger partial charge on any atom is -0.331 e. The van der Waals surface area contributed by atoms with E-state index in [4.69, 9.17) is 14.2 Å². The summed E-state index contributed by atoms with van der Waals surface area (Å²) in [7, 11) is 5.08. The molecule has 0 bridgehead atoms. The fourth-order valence-corrected chi connectivity index (χ4v) is 3.41. The Bertz CT molecular complexity index is 231. The summed E-state index contributed by atoms with van der Waals surface area (Å²) in [6.07, 6.45) is 16.7. The van der Waals surface area contributed by atoms with Crippen molar-refractivity contribution in [3.63, 3.8) is 0 Å². The molecule has 0 spiro atoms. The second-order valence-corrected chi connectivity index (χ2v) is 6.67. The van der Waals surface area contributed by atoms with Gasteiger partial charge in [-0.25, -0.2) is 0 Å². The van der Waals surface area contributed by atoms with Crippen LogP contribution in [-0.2, 0) is 14.2 Å². The summed E-state index contributed by atoms with van der Waals surface area (Å²) >= 11 is 0. The molecule has 0 aromatic carbocycles. The fourth-order valence-electron chi connectivity index (χ4n) is 3.41. The molecule has 23 heavy (non-hydrogen) atoms. The predicted molar refractivity (Wildman–Crippen MR) is 98.6 cm³/mol. The average molecular weight is 331 g/mol. The van der Waals surface area contributed by atoms with Gasteiger partial charge in [0.15, 0.2) is 0 Å². The lowest BCUT2D eigenvalue weighted by atomic mass is 9.91. The number of hydrogen-bond acceptors (Lipinski definition) is 3. The SMILES string of the molecule is CCCCCCCCC(CCCCCCC)C(OC)(OC)OC. The van der Waals surface area contributed by atoms with E-state index in [9.17, 15) is 0 Å². The summed E-state index contributed by atoms with van der Waals surface area (Å²) in [6.45, 7) is 4.52. The minimum absolute atomic E-state index is 0.315. The van der Waals surface area contributed by atoms with E-state index in [-0.39, 0.29) is 0 Å². The van der Waals surface area contributed by atoms with Crippen LogP contribution in [0.25, 0.3) is 0 Å². The van der Waals surface area contributed by atoms with Crippen molar-refractivity contribution in [1.29, 1.82) is 0 Å². The van der Waals surface area contributed by atoms with Gasteiger partial charge in [0.25, 0.3) is 5.97 Å². The standard InChI is InChI=1S/C20H42O3/c1-6-8-10-12-14-16-18-19(17-15-13-11-9-7-2)20(21-3,22-4)23-5/h19H,6-18H2,1-5H3. The Kier molecular flexibility index (Phi) is 15.3. The maximum absolute atomic E-state index is 5.63. The van der Waals surface area contributed by atoms with Crippen molar-refractivity contribution in [2.24, 2.45) is 5.92 Å². The van der Waals surface area contributed by atoms with Crippen molar-refractivity contribution in [2.75, 3.05) is 21.3 Å². The Balaban J connectivity index is 4.31. The molecular weight excluding hydrogens is 288 g/mol. The van der Waals surface area contributed by atoms with Gasteiger partial charge in [-0.3, -0.25) is 0 Å². The average Bonchev–Trinajstić information content (AvgIpc) is 2.58. The molecule has 0 amide bonds. The normalized spacial score (nSPS) is 13.4. The topological polar surface area (TPSA) is 27.7 Å². The van der Waals surface area contributed by atoms with Crippen LogP contribution in [0, 0.1) is 5.92 Å². The molecule has 0 radical (unpaired) electrons. The molecule has 1 unspecified atom stereocenters. The van der Waals surface area contributed by atoms with E-state index in [0.717, 1.165) is 12.8 Å². The summed E-state index contributed by atoms with van der Waals surface area (Å²) in [6, 6.07) is 0. The molecule has 0 aromatic rings. The molecule has 0 aromatic heterocycles. The highest BCUT2D eigenvalue weighted by molar-refractivity contribution is 4.71. The summed E-state index contributed by atoms with van der Waals surface area (Å²) in [5.41, 5.74) is 0. The van der Waals surface area contributed by atoms with Crippen LogP contribution in [0.5, 0.6) is 0 Å². The molecule has 140 valence electrons. The van der Waals surface area contributed by atoms with Gasteiger partial charge in [-0.15, -0.1) is 0 Å². The Labute approximate surface area is 145 Å². The lowest BCUT2D eigenvalue weighted by molar-refractivity contribution is -0.380. The fraction of sp³-hybridized carbons (Fsp3) is 1.00. The zero-order chi connectivity index (χ0) is 17.4. The van der Waals surface area contributed by atoms with E-state index in [1.165, 1.54) is 70.6 Å². The summed E-state index contributed by atoms with van der Waals surface area (Å²) < 4.78 is 16.9. The summed E-state index contributed by atoms with van der Waals surface area (Å²) in [5, 5.41) is 0. The van der Waals surface area contributed by atoms with Crippen LogP contribution in [0.4, 0.5) is 0 Å². The molecule has 3 heteroatoms. The zero-order valence-corrected chi connectivity index (χ0v) is 16.5. The number of hydrogen-bond donors (Lipinski definition) is 0. The first kappa shape index (κ1) is 22.9. The van der Waals surface area contributed by atoms with Crippen molar-refractivity contribution in [3.05, 3.63) is 0 Å². The van der Waals surface area contributed by atoms with Crippen LogP contribution in [-0.4, -0.2) is 27.3 Å². The number of rotatable bonds is 17. The third-order valence-corrected chi connectivity index (χ3v) is 4.92. The van der Waals surface area contributed by atoms with E-state index < -0.39 is 5.97 Å². The van der Waals surface area contributed by atoms with Crippen molar-refractivity contribution in [2.45, 2.75) is 103 Å². The molecule has 0 heterocycles. The van der Waals surface area contributed by atoms with E-state index >= 15 is 0 Å². The molecule has 0 saturated carbocycles. The first-order chi connectivity index (χ1) is 11.2. The first-order valence-corrected chi connectivity index (χ1v) is 9.86. The van der Waals surface area contributed by atoms with Gasteiger partial charge in [-0.05, 0) is 12.8 Å². The van der Waals surface area contributed by atoms with E-state index in [2.05, 4.69) is 13.8 Å². The number of methoxy groups -OCH3 is 3. The molecule has 1 atom stereocenters. The summed E-state index contributed by atoms with van der Waals surface area (Å²) in [5.74, 6) is -0.552. The molecule has 0 rings (SSSR count). The number of unbranched alkanes of at least 4 members (excludes halogenated alkanes) is 9. The Morgan fingerprint density at radius 2 is 0.913 bits per heavy atom. The molecule has 0 fully saturated rings. The van der Waals surface area contributed by atoms with Gasteiger partial charge in [0.2, 0.25) is 0 Å². The minimum atomic E-state index is -0.867. The highest BCUT2D eigenvalue weighted by atomic mass is 16.9. The Morgan fingerprint density at radius 3 is 1.26 bits per heavy atom. The Hall–Kier alpha value is -0.120. The molecule has 0 aliphatic carbocycles. The molecule has 0 N–H and O–H groups in total. The zero-order valence-electron chi connectivity index (χ0n) is 16.5. The first-order valence-electron chi connectivity index (χ1n) is 9.86. The van der Waals surface area contributed by atoms with Crippen LogP contribution < -0.4 is 0 Å². The van der Waals surface area contributed by atoms with Gasteiger partial charge in [0, 0.05) is 27.2 Å². The monoisotopic (exact) mass is 330 g/mol. The maximum atomic E-state index is 5.63. The third-order valence-electron chi connectivity index (χ3n) is 4.92. The van der Waals surface area contributed by atoms with Crippen LogP contribution in [0.3, 0.4) is 0 Å². The molecule has 3 nitrogen and oxygen atoms in total. The third kappa shape index (κ3) is 9.69. The molecule has 0 aliphatic heterocycles. The molecule has 0 saturated heterocycles. The highest BCUT2D eigenvalue weighted by Gasteiger charge is 2.39. The number of ether oxygens (including phenoxy) is 3.